The predicted molar refractivity (Wildman–Crippen MR) is 103 cm³/mol. The Kier molecular flexibility index (Phi) is 5.24. The van der Waals surface area contributed by atoms with Gasteiger partial charge < -0.3 is 15.0 Å². The Bertz CT molecular complexity index is 866. The van der Waals surface area contributed by atoms with E-state index in [1.165, 1.54) is 11.8 Å². The molecule has 1 aromatic heterocycles. The van der Waals surface area contributed by atoms with E-state index in [9.17, 15) is 8.78 Å². The highest BCUT2D eigenvalue weighted by molar-refractivity contribution is 5.25. The number of rotatable bonds is 4. The van der Waals surface area contributed by atoms with Crippen LogP contribution < -0.4 is 5.73 Å². The minimum absolute atomic E-state index is 0.143. The Morgan fingerprint density at radius 1 is 1.29 bits per heavy atom. The SMILES string of the molecule is CCn1c(C(C)C)nc2c1CN(C1CO[C@H](c3cc(F)ccc3F)[C@@H](N)C1)C2. The summed E-state index contributed by atoms with van der Waals surface area (Å²) < 4.78 is 35.9. The standard InChI is InChI=1S/C21H28F2N4O/c1-4-27-19-10-26(9-18(19)25-21(27)12(2)3)14-8-17(24)20(28-11-14)15-7-13(22)5-6-16(15)23/h5-7,12,14,17,20H,4,8-11,24H2,1-3H3/t14?,17-,20+/m0/s1. The van der Waals surface area contributed by atoms with Gasteiger partial charge in [-0.05, 0) is 31.5 Å². The zero-order chi connectivity index (χ0) is 20.0. The Labute approximate surface area is 164 Å². The summed E-state index contributed by atoms with van der Waals surface area (Å²) >= 11 is 0. The summed E-state index contributed by atoms with van der Waals surface area (Å²) in [6, 6.07) is 3.19. The lowest BCUT2D eigenvalue weighted by molar-refractivity contribution is -0.0535. The first kappa shape index (κ1) is 19.5. The van der Waals surface area contributed by atoms with Crippen LogP contribution in [0.3, 0.4) is 0 Å². The average Bonchev–Trinajstić information content (AvgIpc) is 3.21. The second-order valence-electron chi connectivity index (χ2n) is 8.14. The zero-order valence-corrected chi connectivity index (χ0v) is 16.7. The van der Waals surface area contributed by atoms with Gasteiger partial charge in [0.05, 0.1) is 18.0 Å². The molecule has 2 aromatic rings. The van der Waals surface area contributed by atoms with Crippen LogP contribution in [-0.4, -0.2) is 33.1 Å². The number of hydrogen-bond acceptors (Lipinski definition) is 4. The number of halogens is 2. The van der Waals surface area contributed by atoms with E-state index in [1.54, 1.807) is 0 Å². The van der Waals surface area contributed by atoms with Crippen LogP contribution in [-0.2, 0) is 24.4 Å². The van der Waals surface area contributed by atoms with Crippen LogP contribution in [0.5, 0.6) is 0 Å². The summed E-state index contributed by atoms with van der Waals surface area (Å²) in [6.07, 6.45) is 0.0562. The lowest BCUT2D eigenvalue weighted by Crippen LogP contribution is -2.48. The number of ether oxygens (including phenoxy) is 1. The minimum atomic E-state index is -0.618. The van der Waals surface area contributed by atoms with E-state index in [0.717, 1.165) is 43.3 Å². The van der Waals surface area contributed by atoms with Crippen LogP contribution in [0.1, 0.15) is 62.0 Å². The van der Waals surface area contributed by atoms with Crippen LogP contribution in [0.15, 0.2) is 18.2 Å². The van der Waals surface area contributed by atoms with Crippen LogP contribution in [0.2, 0.25) is 0 Å². The monoisotopic (exact) mass is 390 g/mol. The van der Waals surface area contributed by atoms with Crippen LogP contribution >= 0.6 is 0 Å². The number of nitrogens with zero attached hydrogens (tertiary/aromatic N) is 3. The summed E-state index contributed by atoms with van der Waals surface area (Å²) in [5.41, 5.74) is 8.94. The molecule has 0 radical (unpaired) electrons. The summed E-state index contributed by atoms with van der Waals surface area (Å²) in [5, 5.41) is 0. The molecule has 0 saturated carbocycles. The van der Waals surface area contributed by atoms with Gasteiger partial charge in [0.15, 0.2) is 0 Å². The van der Waals surface area contributed by atoms with Crippen molar-refractivity contribution in [3.05, 3.63) is 52.6 Å². The van der Waals surface area contributed by atoms with Gasteiger partial charge in [-0.1, -0.05) is 13.8 Å². The Hall–Kier alpha value is -1.83. The van der Waals surface area contributed by atoms with E-state index in [1.807, 2.05) is 0 Å². The molecule has 5 nitrogen and oxygen atoms in total. The largest absolute Gasteiger partial charge is 0.370 e. The van der Waals surface area contributed by atoms with Crippen LogP contribution in [0.4, 0.5) is 8.78 Å². The topological polar surface area (TPSA) is 56.3 Å². The number of aromatic nitrogens is 2. The molecule has 1 saturated heterocycles. The molecule has 28 heavy (non-hydrogen) atoms. The fraction of sp³-hybridized carbons (Fsp3) is 0.571. The maximum Gasteiger partial charge on any atom is 0.129 e. The number of benzene rings is 1. The minimum Gasteiger partial charge on any atom is -0.370 e. The van der Waals surface area contributed by atoms with Crippen molar-refractivity contribution in [3.8, 4) is 0 Å². The molecule has 0 aliphatic carbocycles. The third kappa shape index (κ3) is 3.36. The van der Waals surface area contributed by atoms with Crippen LogP contribution in [0, 0.1) is 11.6 Å². The van der Waals surface area contributed by atoms with Crippen molar-refractivity contribution in [2.24, 2.45) is 5.73 Å². The molecule has 4 rings (SSSR count). The predicted octanol–water partition coefficient (Wildman–Crippen LogP) is 3.48. The van der Waals surface area contributed by atoms with E-state index in [2.05, 4.69) is 30.2 Å². The summed E-state index contributed by atoms with van der Waals surface area (Å²) in [7, 11) is 0. The number of hydrogen-bond donors (Lipinski definition) is 1. The fourth-order valence-electron chi connectivity index (χ4n) is 4.50. The molecule has 0 amide bonds. The normalized spacial score (nSPS) is 25.5. The highest BCUT2D eigenvalue weighted by atomic mass is 19.1. The Morgan fingerprint density at radius 3 is 2.75 bits per heavy atom. The maximum atomic E-state index is 14.1. The molecule has 2 aliphatic rings. The molecular formula is C21H28F2N4O. The molecule has 3 atom stereocenters. The molecule has 0 bridgehead atoms. The molecular weight excluding hydrogens is 362 g/mol. The van der Waals surface area contributed by atoms with E-state index in [0.29, 0.717) is 18.9 Å². The maximum absolute atomic E-state index is 14.1. The fourth-order valence-corrected chi connectivity index (χ4v) is 4.50. The van der Waals surface area contributed by atoms with Gasteiger partial charge in [0.25, 0.3) is 0 Å². The molecule has 2 N–H and O–H groups in total. The van der Waals surface area contributed by atoms with Gasteiger partial charge in [-0.2, -0.15) is 0 Å². The van der Waals surface area contributed by atoms with Gasteiger partial charge in [-0.25, -0.2) is 13.8 Å². The van der Waals surface area contributed by atoms with Gasteiger partial charge in [-0.15, -0.1) is 0 Å². The van der Waals surface area contributed by atoms with Crippen molar-refractivity contribution in [2.75, 3.05) is 6.61 Å². The van der Waals surface area contributed by atoms with E-state index in [-0.39, 0.29) is 17.6 Å². The number of fused-ring (bicyclic) bond motifs is 1. The summed E-state index contributed by atoms with van der Waals surface area (Å²) in [6.45, 7) is 9.44. The number of imidazole rings is 1. The first-order chi connectivity index (χ1) is 13.4. The molecule has 3 heterocycles. The highest BCUT2D eigenvalue weighted by Gasteiger charge is 2.38. The molecule has 1 unspecified atom stereocenters. The third-order valence-corrected chi connectivity index (χ3v) is 5.91. The van der Waals surface area contributed by atoms with Gasteiger partial charge in [-0.3, -0.25) is 4.90 Å². The average molecular weight is 390 g/mol. The molecule has 7 heteroatoms. The van der Waals surface area contributed by atoms with E-state index >= 15 is 0 Å². The third-order valence-electron chi connectivity index (χ3n) is 5.91. The lowest BCUT2D eigenvalue weighted by atomic mass is 9.93. The van der Waals surface area contributed by atoms with Gasteiger partial charge in [0.2, 0.25) is 0 Å². The quantitative estimate of drug-likeness (QED) is 0.869. The first-order valence-corrected chi connectivity index (χ1v) is 10.0. The van der Waals surface area contributed by atoms with Crippen molar-refractivity contribution in [3.63, 3.8) is 0 Å². The second-order valence-corrected chi connectivity index (χ2v) is 8.14. The lowest BCUT2D eigenvalue weighted by Gasteiger charge is -2.38. The first-order valence-electron chi connectivity index (χ1n) is 10.0. The highest BCUT2D eigenvalue weighted by Crippen LogP contribution is 2.35. The summed E-state index contributed by atoms with van der Waals surface area (Å²) in [4.78, 5) is 7.21. The van der Waals surface area contributed by atoms with Crippen molar-refractivity contribution >= 4 is 0 Å². The molecule has 152 valence electrons. The molecule has 1 fully saturated rings. The van der Waals surface area contributed by atoms with Crippen molar-refractivity contribution in [1.29, 1.82) is 0 Å². The van der Waals surface area contributed by atoms with E-state index < -0.39 is 17.7 Å². The van der Waals surface area contributed by atoms with E-state index in [4.69, 9.17) is 15.5 Å². The summed E-state index contributed by atoms with van der Waals surface area (Å²) in [5.74, 6) is 0.585. The van der Waals surface area contributed by atoms with Gasteiger partial charge >= 0.3 is 0 Å². The van der Waals surface area contributed by atoms with Gasteiger partial charge in [0.1, 0.15) is 23.6 Å². The van der Waals surface area contributed by atoms with Crippen molar-refractivity contribution in [1.82, 2.24) is 14.5 Å². The molecule has 2 aliphatic heterocycles. The second kappa shape index (κ2) is 7.54. The van der Waals surface area contributed by atoms with Crippen molar-refractivity contribution < 1.29 is 13.5 Å². The Morgan fingerprint density at radius 2 is 2.07 bits per heavy atom. The van der Waals surface area contributed by atoms with Crippen molar-refractivity contribution in [2.45, 2.75) is 70.9 Å². The van der Waals surface area contributed by atoms with Gasteiger partial charge in [0, 0.05) is 43.2 Å². The zero-order valence-electron chi connectivity index (χ0n) is 16.7. The smallest absolute Gasteiger partial charge is 0.129 e. The molecule has 0 spiro atoms. The Balaban J connectivity index is 1.46. The molecule has 1 aromatic carbocycles. The van der Waals surface area contributed by atoms with Crippen LogP contribution in [0.25, 0.3) is 0 Å². The number of nitrogens with two attached hydrogens (primary N) is 1.